The molecule has 0 bridgehead atoms. The van der Waals surface area contributed by atoms with E-state index in [1.165, 1.54) is 37.1 Å². The molecule has 0 aromatic rings. The Morgan fingerprint density at radius 1 is 1.50 bits per heavy atom. The highest BCUT2D eigenvalue weighted by molar-refractivity contribution is 8.13. The molecule has 3 heteroatoms. The average molecular weight is 215 g/mol. The van der Waals surface area contributed by atoms with Gasteiger partial charge in [-0.1, -0.05) is 26.2 Å². The number of hydrogen-bond donors (Lipinski definition) is 1. The molecular weight excluding hydrogens is 194 g/mol. The summed E-state index contributed by atoms with van der Waals surface area (Å²) in [6.45, 7) is 2.50. The van der Waals surface area contributed by atoms with Gasteiger partial charge in [-0.25, -0.2) is 0 Å². The summed E-state index contributed by atoms with van der Waals surface area (Å²) in [5.74, 6) is 0.806. The highest BCUT2D eigenvalue weighted by Gasteiger charge is 2.16. The summed E-state index contributed by atoms with van der Waals surface area (Å²) in [5, 5.41) is 9.95. The van der Waals surface area contributed by atoms with Gasteiger partial charge in [-0.05, 0) is 19.3 Å². The number of thioether (sulfide) groups is 1. The summed E-state index contributed by atoms with van der Waals surface area (Å²) in [4.78, 5) is 4.67. The Morgan fingerprint density at radius 2 is 2.36 bits per heavy atom. The third-order valence-corrected chi connectivity index (χ3v) is 3.55. The van der Waals surface area contributed by atoms with Crippen molar-refractivity contribution in [3.05, 3.63) is 0 Å². The molecule has 0 aliphatic carbocycles. The van der Waals surface area contributed by atoms with Gasteiger partial charge in [0.15, 0.2) is 0 Å². The highest BCUT2D eigenvalue weighted by Crippen LogP contribution is 2.24. The summed E-state index contributed by atoms with van der Waals surface area (Å²) >= 11 is 1.73. The second kappa shape index (κ2) is 7.30. The third-order valence-electron chi connectivity index (χ3n) is 2.52. The van der Waals surface area contributed by atoms with Gasteiger partial charge in [0.2, 0.25) is 0 Å². The van der Waals surface area contributed by atoms with Gasteiger partial charge in [-0.3, -0.25) is 4.99 Å². The van der Waals surface area contributed by atoms with E-state index in [1.807, 2.05) is 0 Å². The first-order chi connectivity index (χ1) is 6.86. The normalized spacial score (nSPS) is 21.3. The molecular formula is C11H21NOS. The quantitative estimate of drug-likeness (QED) is 0.691. The van der Waals surface area contributed by atoms with Crippen molar-refractivity contribution in [2.45, 2.75) is 51.5 Å². The highest BCUT2D eigenvalue weighted by atomic mass is 32.2. The first kappa shape index (κ1) is 12.1. The topological polar surface area (TPSA) is 32.6 Å². The molecule has 1 rings (SSSR count). The van der Waals surface area contributed by atoms with E-state index in [0.717, 1.165) is 12.2 Å². The van der Waals surface area contributed by atoms with Crippen molar-refractivity contribution in [2.24, 2.45) is 4.99 Å². The zero-order valence-corrected chi connectivity index (χ0v) is 9.85. The lowest BCUT2D eigenvalue weighted by Gasteiger charge is -2.04. The molecule has 2 nitrogen and oxygen atoms in total. The van der Waals surface area contributed by atoms with Gasteiger partial charge >= 0.3 is 0 Å². The number of nitrogens with zero attached hydrogens (tertiary/aromatic N) is 1. The fourth-order valence-corrected chi connectivity index (χ4v) is 2.55. The summed E-state index contributed by atoms with van der Waals surface area (Å²) in [6.07, 6.45) is 7.59. The summed E-state index contributed by atoms with van der Waals surface area (Å²) < 4.78 is 0. The zero-order valence-electron chi connectivity index (χ0n) is 9.04. The van der Waals surface area contributed by atoms with E-state index in [4.69, 9.17) is 5.11 Å². The Balaban J connectivity index is 2.13. The number of aliphatic imine (C=N–C) groups is 1. The number of rotatable bonds is 6. The fourth-order valence-electron chi connectivity index (χ4n) is 1.73. The molecule has 1 aliphatic heterocycles. The fraction of sp³-hybridized carbons (Fsp3) is 0.909. The molecule has 0 saturated carbocycles. The third kappa shape index (κ3) is 4.47. The number of hydrogen-bond acceptors (Lipinski definition) is 3. The van der Waals surface area contributed by atoms with Crippen LogP contribution in [0.25, 0.3) is 0 Å². The Labute approximate surface area is 91.2 Å². The van der Waals surface area contributed by atoms with Crippen LogP contribution in [-0.2, 0) is 0 Å². The minimum absolute atomic E-state index is 0.268. The van der Waals surface area contributed by atoms with Gasteiger partial charge in [-0.15, -0.1) is 11.8 Å². The van der Waals surface area contributed by atoms with Crippen LogP contribution in [0.2, 0.25) is 0 Å². The smallest absolute Gasteiger partial charge is 0.0680 e. The van der Waals surface area contributed by atoms with E-state index in [2.05, 4.69) is 11.9 Å². The predicted octanol–water partition coefficient (Wildman–Crippen LogP) is 2.85. The molecule has 0 radical (unpaired) electrons. The van der Waals surface area contributed by atoms with E-state index in [-0.39, 0.29) is 6.61 Å². The van der Waals surface area contributed by atoms with E-state index < -0.39 is 0 Å². The lowest BCUT2D eigenvalue weighted by Crippen LogP contribution is -1.98. The standard InChI is InChI=1S/C11H21NOS/c1-2-3-4-5-10-6-7-11(12-10)14-9-8-13/h10,13H,2-9H2,1H3. The lowest BCUT2D eigenvalue weighted by molar-refractivity contribution is 0.323. The van der Waals surface area contributed by atoms with Crippen LogP contribution in [0.4, 0.5) is 0 Å². The Bertz CT molecular complexity index is 182. The Kier molecular flexibility index (Phi) is 6.28. The molecule has 0 fully saturated rings. The molecule has 0 aromatic heterocycles. The van der Waals surface area contributed by atoms with E-state index in [1.54, 1.807) is 11.8 Å². The van der Waals surface area contributed by atoms with Crippen molar-refractivity contribution in [2.75, 3.05) is 12.4 Å². The van der Waals surface area contributed by atoms with Crippen molar-refractivity contribution in [1.29, 1.82) is 0 Å². The number of aliphatic hydroxyl groups is 1. The van der Waals surface area contributed by atoms with Gasteiger partial charge in [-0.2, -0.15) is 0 Å². The van der Waals surface area contributed by atoms with E-state index in [0.29, 0.717) is 6.04 Å². The molecule has 82 valence electrons. The second-order valence-electron chi connectivity index (χ2n) is 3.78. The van der Waals surface area contributed by atoms with Crippen molar-refractivity contribution < 1.29 is 5.11 Å². The van der Waals surface area contributed by atoms with Crippen molar-refractivity contribution in [3.63, 3.8) is 0 Å². The second-order valence-corrected chi connectivity index (χ2v) is 4.95. The molecule has 0 spiro atoms. The van der Waals surface area contributed by atoms with E-state index in [9.17, 15) is 0 Å². The lowest BCUT2D eigenvalue weighted by atomic mass is 10.1. The van der Waals surface area contributed by atoms with Gasteiger partial charge in [0.25, 0.3) is 0 Å². The van der Waals surface area contributed by atoms with Crippen LogP contribution < -0.4 is 0 Å². The zero-order chi connectivity index (χ0) is 10.2. The molecule has 0 saturated heterocycles. The van der Waals surface area contributed by atoms with Gasteiger partial charge < -0.3 is 5.11 Å². The molecule has 1 aliphatic rings. The van der Waals surface area contributed by atoms with Gasteiger partial charge in [0.05, 0.1) is 17.7 Å². The molecule has 1 heterocycles. The summed E-state index contributed by atoms with van der Waals surface area (Å²) in [7, 11) is 0. The molecule has 0 aromatic carbocycles. The van der Waals surface area contributed by atoms with E-state index >= 15 is 0 Å². The largest absolute Gasteiger partial charge is 0.396 e. The molecule has 1 unspecified atom stereocenters. The maximum absolute atomic E-state index is 8.69. The molecule has 0 amide bonds. The van der Waals surface area contributed by atoms with Gasteiger partial charge in [0, 0.05) is 5.75 Å². The maximum atomic E-state index is 8.69. The molecule has 1 atom stereocenters. The molecule has 1 N–H and O–H groups in total. The Morgan fingerprint density at radius 3 is 3.07 bits per heavy atom. The van der Waals surface area contributed by atoms with Crippen LogP contribution in [-0.4, -0.2) is 28.6 Å². The van der Waals surface area contributed by atoms with Gasteiger partial charge in [0.1, 0.15) is 0 Å². The van der Waals surface area contributed by atoms with Crippen LogP contribution in [0.5, 0.6) is 0 Å². The Hall–Kier alpha value is -0.0200. The minimum atomic E-state index is 0.268. The monoisotopic (exact) mass is 215 g/mol. The number of unbranched alkanes of at least 4 members (excludes halogenated alkanes) is 2. The average Bonchev–Trinajstić information content (AvgIpc) is 2.63. The van der Waals surface area contributed by atoms with Crippen LogP contribution >= 0.6 is 11.8 Å². The van der Waals surface area contributed by atoms with Crippen molar-refractivity contribution >= 4 is 16.8 Å². The van der Waals surface area contributed by atoms with Crippen LogP contribution in [0.15, 0.2) is 4.99 Å². The number of aliphatic hydroxyl groups excluding tert-OH is 1. The predicted molar refractivity (Wildman–Crippen MR) is 64.1 cm³/mol. The van der Waals surface area contributed by atoms with Crippen LogP contribution in [0.3, 0.4) is 0 Å². The molecule has 14 heavy (non-hydrogen) atoms. The van der Waals surface area contributed by atoms with Crippen molar-refractivity contribution in [3.8, 4) is 0 Å². The van der Waals surface area contributed by atoms with Crippen LogP contribution in [0, 0.1) is 0 Å². The van der Waals surface area contributed by atoms with Crippen molar-refractivity contribution in [1.82, 2.24) is 0 Å². The SMILES string of the molecule is CCCCCC1CCC(SCCO)=N1. The summed E-state index contributed by atoms with van der Waals surface area (Å²) in [5.41, 5.74) is 0. The first-order valence-electron chi connectivity index (χ1n) is 5.67. The maximum Gasteiger partial charge on any atom is 0.0680 e. The summed E-state index contributed by atoms with van der Waals surface area (Å²) in [6, 6.07) is 0.586. The first-order valence-corrected chi connectivity index (χ1v) is 6.65. The van der Waals surface area contributed by atoms with Crippen LogP contribution in [0.1, 0.15) is 45.4 Å². The minimum Gasteiger partial charge on any atom is -0.396 e.